The molecule has 0 saturated heterocycles. The number of halogens is 1. The number of rotatable bonds is 2. The summed E-state index contributed by atoms with van der Waals surface area (Å²) in [6.07, 6.45) is 0. The summed E-state index contributed by atoms with van der Waals surface area (Å²) in [6, 6.07) is 4.99. The van der Waals surface area contributed by atoms with E-state index >= 15 is 0 Å². The molecule has 0 aliphatic rings. The van der Waals surface area contributed by atoms with Crippen molar-refractivity contribution in [2.75, 3.05) is 7.11 Å². The molecule has 2 amide bonds. The Morgan fingerprint density at radius 3 is 2.56 bits per heavy atom. The van der Waals surface area contributed by atoms with E-state index in [1.807, 2.05) is 0 Å². The Kier molecular flexibility index (Phi) is 4.30. The number of carbonyl (C=O) groups is 2. The summed E-state index contributed by atoms with van der Waals surface area (Å²) >= 11 is 3.24. The maximum Gasteiger partial charge on any atom is 0.270 e. The van der Waals surface area contributed by atoms with Crippen molar-refractivity contribution < 1.29 is 14.3 Å². The highest BCUT2D eigenvalue weighted by molar-refractivity contribution is 9.10. The van der Waals surface area contributed by atoms with Crippen molar-refractivity contribution in [1.82, 2.24) is 10.9 Å². The second kappa shape index (κ2) is 5.50. The van der Waals surface area contributed by atoms with Crippen LogP contribution in [0, 0.1) is 0 Å². The summed E-state index contributed by atoms with van der Waals surface area (Å²) in [5.74, 6) is -0.190. The van der Waals surface area contributed by atoms with Gasteiger partial charge in [-0.3, -0.25) is 20.4 Å². The number of ether oxygens (including phenoxy) is 1. The Balaban J connectivity index is 2.85. The van der Waals surface area contributed by atoms with E-state index in [0.717, 1.165) is 0 Å². The molecule has 0 saturated carbocycles. The molecule has 0 fully saturated rings. The van der Waals surface area contributed by atoms with Crippen molar-refractivity contribution >= 4 is 27.7 Å². The fourth-order valence-electron chi connectivity index (χ4n) is 1.02. The van der Waals surface area contributed by atoms with E-state index in [4.69, 9.17) is 4.74 Å². The quantitative estimate of drug-likeness (QED) is 0.804. The van der Waals surface area contributed by atoms with Gasteiger partial charge in [-0.05, 0) is 34.1 Å². The maximum atomic E-state index is 11.6. The van der Waals surface area contributed by atoms with Gasteiger partial charge in [-0.15, -0.1) is 0 Å². The number of benzene rings is 1. The summed E-state index contributed by atoms with van der Waals surface area (Å²) in [7, 11) is 1.51. The molecule has 1 aromatic rings. The molecule has 0 aliphatic heterocycles. The van der Waals surface area contributed by atoms with E-state index in [0.29, 0.717) is 15.8 Å². The highest BCUT2D eigenvalue weighted by atomic mass is 79.9. The molecule has 86 valence electrons. The third kappa shape index (κ3) is 3.23. The van der Waals surface area contributed by atoms with Crippen LogP contribution in [0.25, 0.3) is 0 Å². The number of carbonyl (C=O) groups excluding carboxylic acids is 2. The molecule has 5 nitrogen and oxygen atoms in total. The predicted octanol–water partition coefficient (Wildman–Crippen LogP) is 1.24. The van der Waals surface area contributed by atoms with Crippen molar-refractivity contribution in [2.45, 2.75) is 6.92 Å². The Hall–Kier alpha value is -1.56. The monoisotopic (exact) mass is 286 g/mol. The first-order chi connectivity index (χ1) is 7.54. The lowest BCUT2D eigenvalue weighted by Gasteiger charge is -2.08. The number of methoxy groups -OCH3 is 1. The fourth-order valence-corrected chi connectivity index (χ4v) is 1.44. The Morgan fingerprint density at radius 1 is 1.31 bits per heavy atom. The predicted molar refractivity (Wildman–Crippen MR) is 62.0 cm³/mol. The Labute approximate surface area is 101 Å². The number of nitrogens with one attached hydrogen (secondary N) is 2. The van der Waals surface area contributed by atoms with Crippen LogP contribution in [0.5, 0.6) is 5.75 Å². The zero-order chi connectivity index (χ0) is 12.1. The third-order valence-electron chi connectivity index (χ3n) is 1.77. The normalized spacial score (nSPS) is 9.44. The van der Waals surface area contributed by atoms with E-state index in [1.165, 1.54) is 14.0 Å². The number of hydrazine groups is 1. The van der Waals surface area contributed by atoms with Crippen LogP contribution >= 0.6 is 15.9 Å². The molecule has 0 unspecified atom stereocenters. The van der Waals surface area contributed by atoms with E-state index in [-0.39, 0.29) is 5.91 Å². The first kappa shape index (κ1) is 12.5. The zero-order valence-corrected chi connectivity index (χ0v) is 10.4. The molecular weight excluding hydrogens is 276 g/mol. The first-order valence-electron chi connectivity index (χ1n) is 4.45. The molecule has 16 heavy (non-hydrogen) atoms. The van der Waals surface area contributed by atoms with Gasteiger partial charge < -0.3 is 4.74 Å². The SMILES string of the molecule is COc1ccc(Br)c(C(=O)NNC(C)=O)c1. The van der Waals surface area contributed by atoms with Crippen LogP contribution in [0.2, 0.25) is 0 Å². The summed E-state index contributed by atoms with van der Waals surface area (Å²) in [5.41, 5.74) is 4.86. The molecule has 0 spiro atoms. The molecule has 1 rings (SSSR count). The van der Waals surface area contributed by atoms with Crippen molar-refractivity contribution in [3.63, 3.8) is 0 Å². The topological polar surface area (TPSA) is 67.4 Å². The average molecular weight is 287 g/mol. The molecule has 0 radical (unpaired) electrons. The second-order valence-corrected chi connectivity index (χ2v) is 3.84. The molecule has 0 bridgehead atoms. The molecule has 0 atom stereocenters. The van der Waals surface area contributed by atoms with Crippen LogP contribution in [0.3, 0.4) is 0 Å². The molecule has 6 heteroatoms. The minimum absolute atomic E-state index is 0.340. The largest absolute Gasteiger partial charge is 0.497 e. The average Bonchev–Trinajstić information content (AvgIpc) is 2.26. The van der Waals surface area contributed by atoms with Crippen LogP contribution < -0.4 is 15.6 Å². The maximum absolute atomic E-state index is 11.6. The van der Waals surface area contributed by atoms with E-state index in [2.05, 4.69) is 26.8 Å². The van der Waals surface area contributed by atoms with Gasteiger partial charge in [0.15, 0.2) is 0 Å². The van der Waals surface area contributed by atoms with Gasteiger partial charge in [-0.2, -0.15) is 0 Å². The van der Waals surface area contributed by atoms with Crippen molar-refractivity contribution in [3.05, 3.63) is 28.2 Å². The second-order valence-electron chi connectivity index (χ2n) is 2.98. The summed E-state index contributed by atoms with van der Waals surface area (Å²) in [6.45, 7) is 1.31. The van der Waals surface area contributed by atoms with Crippen LogP contribution in [0.15, 0.2) is 22.7 Å². The lowest BCUT2D eigenvalue weighted by atomic mass is 10.2. The smallest absolute Gasteiger partial charge is 0.270 e. The van der Waals surface area contributed by atoms with Gasteiger partial charge in [0.25, 0.3) is 5.91 Å². The van der Waals surface area contributed by atoms with Gasteiger partial charge in [0.1, 0.15) is 5.75 Å². The highest BCUT2D eigenvalue weighted by Crippen LogP contribution is 2.22. The molecule has 0 heterocycles. The molecule has 1 aromatic carbocycles. The van der Waals surface area contributed by atoms with Crippen LogP contribution in [0.1, 0.15) is 17.3 Å². The molecule has 0 aliphatic carbocycles. The highest BCUT2D eigenvalue weighted by Gasteiger charge is 2.11. The number of hydrogen-bond acceptors (Lipinski definition) is 3. The van der Waals surface area contributed by atoms with Crippen LogP contribution in [-0.2, 0) is 4.79 Å². The van der Waals surface area contributed by atoms with Crippen molar-refractivity contribution in [1.29, 1.82) is 0 Å². The minimum atomic E-state index is -0.416. The van der Waals surface area contributed by atoms with Crippen molar-refractivity contribution in [3.8, 4) is 5.75 Å². The van der Waals surface area contributed by atoms with E-state index in [9.17, 15) is 9.59 Å². The summed E-state index contributed by atoms with van der Waals surface area (Å²) < 4.78 is 5.62. The third-order valence-corrected chi connectivity index (χ3v) is 2.46. The minimum Gasteiger partial charge on any atom is -0.497 e. The summed E-state index contributed by atoms with van der Waals surface area (Å²) in [4.78, 5) is 22.3. The molecule has 2 N–H and O–H groups in total. The Morgan fingerprint density at radius 2 is 2.00 bits per heavy atom. The lowest BCUT2D eigenvalue weighted by molar-refractivity contribution is -0.119. The van der Waals surface area contributed by atoms with Gasteiger partial charge in [-0.25, -0.2) is 0 Å². The van der Waals surface area contributed by atoms with Gasteiger partial charge >= 0.3 is 0 Å². The van der Waals surface area contributed by atoms with Gasteiger partial charge in [0, 0.05) is 11.4 Å². The van der Waals surface area contributed by atoms with Gasteiger partial charge in [-0.1, -0.05) is 0 Å². The lowest BCUT2D eigenvalue weighted by Crippen LogP contribution is -2.40. The summed E-state index contributed by atoms with van der Waals surface area (Å²) in [5, 5.41) is 0. The Bertz CT molecular complexity index is 421. The standard InChI is InChI=1S/C10H11BrN2O3/c1-6(14)12-13-10(15)8-5-7(16-2)3-4-9(8)11/h3-5H,1-2H3,(H,12,14)(H,13,15). The van der Waals surface area contributed by atoms with E-state index < -0.39 is 5.91 Å². The zero-order valence-electron chi connectivity index (χ0n) is 8.83. The fraction of sp³-hybridized carbons (Fsp3) is 0.200. The van der Waals surface area contributed by atoms with Gasteiger partial charge in [0.2, 0.25) is 5.91 Å². The number of hydrogen-bond donors (Lipinski definition) is 2. The van der Waals surface area contributed by atoms with E-state index in [1.54, 1.807) is 18.2 Å². The van der Waals surface area contributed by atoms with Crippen LogP contribution in [0.4, 0.5) is 0 Å². The molecule has 0 aromatic heterocycles. The molecular formula is C10H11BrN2O3. The van der Waals surface area contributed by atoms with Gasteiger partial charge in [0.05, 0.1) is 12.7 Å². The first-order valence-corrected chi connectivity index (χ1v) is 5.24. The number of amides is 2. The van der Waals surface area contributed by atoms with Crippen molar-refractivity contribution in [2.24, 2.45) is 0 Å². The van der Waals surface area contributed by atoms with Crippen LogP contribution in [-0.4, -0.2) is 18.9 Å².